The fourth-order valence-corrected chi connectivity index (χ4v) is 2.48. The molecule has 2 aromatic carbocycles. The van der Waals surface area contributed by atoms with Crippen molar-refractivity contribution in [3.05, 3.63) is 60.2 Å². The highest BCUT2D eigenvalue weighted by Gasteiger charge is 2.07. The van der Waals surface area contributed by atoms with Crippen LogP contribution in [-0.2, 0) is 9.59 Å². The average molecular weight is 383 g/mol. The number of rotatable bonds is 5. The Balaban J connectivity index is 1.97. The lowest BCUT2D eigenvalue weighted by Crippen LogP contribution is -2.32. The third kappa shape index (κ3) is 5.93. The van der Waals surface area contributed by atoms with Crippen LogP contribution in [0.1, 0.15) is 12.5 Å². The molecular weight excluding hydrogens is 362 g/mol. The van der Waals surface area contributed by atoms with Crippen LogP contribution >= 0.6 is 12.2 Å². The normalized spacial score (nSPS) is 10.3. The Labute approximate surface area is 163 Å². The van der Waals surface area contributed by atoms with E-state index in [-0.39, 0.29) is 16.9 Å². The highest BCUT2D eigenvalue weighted by Crippen LogP contribution is 2.19. The van der Waals surface area contributed by atoms with E-state index in [2.05, 4.69) is 10.6 Å². The molecule has 6 nitrogen and oxygen atoms in total. The van der Waals surface area contributed by atoms with Crippen molar-refractivity contribution < 1.29 is 14.3 Å². The van der Waals surface area contributed by atoms with Gasteiger partial charge in [0.05, 0.1) is 7.11 Å². The molecule has 0 aliphatic carbocycles. The number of thiocarbonyl (C=S) groups is 1. The predicted molar refractivity (Wildman–Crippen MR) is 112 cm³/mol. The van der Waals surface area contributed by atoms with E-state index in [1.807, 2.05) is 30.3 Å². The molecule has 2 aromatic rings. The topological polar surface area (TPSA) is 70.7 Å². The minimum absolute atomic E-state index is 0.0792. The molecule has 2 amide bonds. The van der Waals surface area contributed by atoms with Gasteiger partial charge >= 0.3 is 0 Å². The number of para-hydroxylation sites is 1. The second-order valence-electron chi connectivity index (χ2n) is 5.65. The Bertz CT molecular complexity index is 880. The smallest absolute Gasteiger partial charge is 0.250 e. The standard InChI is InChI=1S/C20H21N3O3S/c1-14(24)23(2)17-9-6-8-16(13-17)21-20(27)22-19(25)12-11-15-7-4-5-10-18(15)26-3/h4-13H,1-3H3,(H2,21,22,25,27)/b12-11+. The van der Waals surface area contributed by atoms with E-state index >= 15 is 0 Å². The molecule has 0 aliphatic heterocycles. The van der Waals surface area contributed by atoms with E-state index in [0.717, 1.165) is 11.3 Å². The van der Waals surface area contributed by atoms with E-state index in [1.54, 1.807) is 38.4 Å². The van der Waals surface area contributed by atoms with Gasteiger partial charge in [-0.2, -0.15) is 0 Å². The number of hydrogen-bond donors (Lipinski definition) is 2. The van der Waals surface area contributed by atoms with Crippen LogP contribution in [-0.4, -0.2) is 31.1 Å². The lowest BCUT2D eigenvalue weighted by atomic mass is 10.2. The number of carbonyl (C=O) groups is 2. The van der Waals surface area contributed by atoms with Gasteiger partial charge in [-0.25, -0.2) is 0 Å². The maximum absolute atomic E-state index is 12.1. The summed E-state index contributed by atoms with van der Waals surface area (Å²) in [6.07, 6.45) is 3.03. The van der Waals surface area contributed by atoms with Gasteiger partial charge in [0, 0.05) is 37.0 Å². The number of benzene rings is 2. The number of methoxy groups -OCH3 is 1. The van der Waals surface area contributed by atoms with Crippen molar-refractivity contribution in [2.45, 2.75) is 6.92 Å². The molecule has 0 unspecified atom stereocenters. The van der Waals surface area contributed by atoms with Crippen LogP contribution in [0.15, 0.2) is 54.6 Å². The van der Waals surface area contributed by atoms with Gasteiger partial charge in [0.15, 0.2) is 5.11 Å². The van der Waals surface area contributed by atoms with Crippen molar-refractivity contribution >= 4 is 46.6 Å². The van der Waals surface area contributed by atoms with Gasteiger partial charge in [0.2, 0.25) is 11.8 Å². The average Bonchev–Trinajstić information content (AvgIpc) is 2.65. The molecule has 2 rings (SSSR count). The molecule has 0 atom stereocenters. The number of amides is 2. The fourth-order valence-electron chi connectivity index (χ4n) is 2.26. The molecule has 0 radical (unpaired) electrons. The lowest BCUT2D eigenvalue weighted by molar-refractivity contribution is -0.116. The van der Waals surface area contributed by atoms with Crippen LogP contribution in [0.25, 0.3) is 6.08 Å². The second-order valence-corrected chi connectivity index (χ2v) is 6.06. The fraction of sp³-hybridized carbons (Fsp3) is 0.150. The SMILES string of the molecule is COc1ccccc1/C=C/C(=O)NC(=S)Nc1cccc(N(C)C(C)=O)c1. The zero-order chi connectivity index (χ0) is 19.8. The van der Waals surface area contributed by atoms with E-state index < -0.39 is 0 Å². The van der Waals surface area contributed by atoms with Crippen molar-refractivity contribution in [2.75, 3.05) is 24.4 Å². The second kappa shape index (κ2) is 9.49. The molecule has 0 spiro atoms. The van der Waals surface area contributed by atoms with Crippen LogP contribution in [0.3, 0.4) is 0 Å². The highest BCUT2D eigenvalue weighted by atomic mass is 32.1. The van der Waals surface area contributed by atoms with Gasteiger partial charge < -0.3 is 15.0 Å². The molecule has 2 N–H and O–H groups in total. The number of carbonyl (C=O) groups excluding carboxylic acids is 2. The van der Waals surface area contributed by atoms with Gasteiger partial charge in [0.1, 0.15) is 5.75 Å². The molecule has 0 fully saturated rings. The Hall–Kier alpha value is -3.19. The lowest BCUT2D eigenvalue weighted by Gasteiger charge is -2.16. The monoisotopic (exact) mass is 383 g/mol. The van der Waals surface area contributed by atoms with Crippen LogP contribution in [0, 0.1) is 0 Å². The molecule has 27 heavy (non-hydrogen) atoms. The minimum Gasteiger partial charge on any atom is -0.496 e. The number of anilines is 2. The molecule has 140 valence electrons. The van der Waals surface area contributed by atoms with Crippen molar-refractivity contribution in [3.8, 4) is 5.75 Å². The van der Waals surface area contributed by atoms with Gasteiger partial charge in [-0.05, 0) is 42.6 Å². The van der Waals surface area contributed by atoms with E-state index in [0.29, 0.717) is 11.4 Å². The molecule has 0 aliphatic rings. The summed E-state index contributed by atoms with van der Waals surface area (Å²) < 4.78 is 5.24. The summed E-state index contributed by atoms with van der Waals surface area (Å²) in [6, 6.07) is 14.5. The number of hydrogen-bond acceptors (Lipinski definition) is 4. The Morgan fingerprint density at radius 1 is 1.15 bits per heavy atom. The Kier molecular flexibility index (Phi) is 7.08. The summed E-state index contributed by atoms with van der Waals surface area (Å²) >= 11 is 5.17. The van der Waals surface area contributed by atoms with Crippen LogP contribution in [0.5, 0.6) is 5.75 Å². The molecular formula is C20H21N3O3S. The summed E-state index contributed by atoms with van der Waals surface area (Å²) in [5.41, 5.74) is 2.17. The first-order valence-electron chi connectivity index (χ1n) is 8.18. The maximum atomic E-state index is 12.1. The quantitative estimate of drug-likeness (QED) is 0.613. The predicted octanol–water partition coefficient (Wildman–Crippen LogP) is 3.20. The first-order valence-corrected chi connectivity index (χ1v) is 8.59. The zero-order valence-electron chi connectivity index (χ0n) is 15.4. The third-order valence-electron chi connectivity index (χ3n) is 3.75. The van der Waals surface area contributed by atoms with Gasteiger partial charge in [-0.1, -0.05) is 24.3 Å². The van der Waals surface area contributed by atoms with E-state index in [9.17, 15) is 9.59 Å². The van der Waals surface area contributed by atoms with Crippen molar-refractivity contribution in [1.82, 2.24) is 5.32 Å². The maximum Gasteiger partial charge on any atom is 0.250 e. The Morgan fingerprint density at radius 2 is 1.89 bits per heavy atom. The summed E-state index contributed by atoms with van der Waals surface area (Å²) in [6.45, 7) is 1.49. The molecule has 0 bridgehead atoms. The van der Waals surface area contributed by atoms with Crippen molar-refractivity contribution in [3.63, 3.8) is 0 Å². The molecule has 0 saturated heterocycles. The van der Waals surface area contributed by atoms with Crippen LogP contribution in [0.2, 0.25) is 0 Å². The number of nitrogens with zero attached hydrogens (tertiary/aromatic N) is 1. The van der Waals surface area contributed by atoms with Crippen LogP contribution < -0.4 is 20.3 Å². The Morgan fingerprint density at radius 3 is 2.59 bits per heavy atom. The van der Waals surface area contributed by atoms with Gasteiger partial charge in [0.25, 0.3) is 0 Å². The molecule has 7 heteroatoms. The summed E-state index contributed by atoms with van der Waals surface area (Å²) in [4.78, 5) is 25.0. The third-order valence-corrected chi connectivity index (χ3v) is 3.96. The summed E-state index contributed by atoms with van der Waals surface area (Å²) in [5.74, 6) is 0.230. The summed E-state index contributed by atoms with van der Waals surface area (Å²) in [7, 11) is 3.26. The van der Waals surface area contributed by atoms with Crippen LogP contribution in [0.4, 0.5) is 11.4 Å². The van der Waals surface area contributed by atoms with Gasteiger partial charge in [-0.15, -0.1) is 0 Å². The highest BCUT2D eigenvalue weighted by molar-refractivity contribution is 7.80. The minimum atomic E-state index is -0.365. The molecule has 0 aromatic heterocycles. The van der Waals surface area contributed by atoms with Crippen molar-refractivity contribution in [2.24, 2.45) is 0 Å². The van der Waals surface area contributed by atoms with Crippen molar-refractivity contribution in [1.29, 1.82) is 0 Å². The summed E-state index contributed by atoms with van der Waals surface area (Å²) in [5, 5.41) is 5.67. The first-order chi connectivity index (χ1) is 12.9. The number of nitrogens with one attached hydrogen (secondary N) is 2. The number of ether oxygens (including phenoxy) is 1. The van der Waals surface area contributed by atoms with E-state index in [4.69, 9.17) is 17.0 Å². The van der Waals surface area contributed by atoms with E-state index in [1.165, 1.54) is 17.9 Å². The zero-order valence-corrected chi connectivity index (χ0v) is 16.2. The molecule has 0 heterocycles. The van der Waals surface area contributed by atoms with Gasteiger partial charge in [-0.3, -0.25) is 14.9 Å². The molecule has 0 saturated carbocycles. The first kappa shape index (κ1) is 20.1. The largest absolute Gasteiger partial charge is 0.496 e.